The molecule has 0 aromatic rings. The van der Waals surface area contributed by atoms with Crippen molar-refractivity contribution in [1.82, 2.24) is 4.90 Å². The van der Waals surface area contributed by atoms with E-state index >= 15 is 0 Å². The third-order valence-corrected chi connectivity index (χ3v) is 3.31. The Labute approximate surface area is 103 Å². The van der Waals surface area contributed by atoms with Crippen LogP contribution in [0.2, 0.25) is 0 Å². The Bertz CT molecular complexity index is 341. The lowest BCUT2D eigenvalue weighted by Gasteiger charge is -2.37. The molecule has 0 N–H and O–H groups in total. The topological polar surface area (TPSA) is 29.5 Å². The number of carbonyl (C=O) groups excluding carboxylic acids is 1. The zero-order chi connectivity index (χ0) is 12.5. The van der Waals surface area contributed by atoms with Crippen molar-refractivity contribution in [2.45, 2.75) is 39.2 Å². The highest BCUT2D eigenvalue weighted by Crippen LogP contribution is 2.37. The summed E-state index contributed by atoms with van der Waals surface area (Å²) in [5.41, 5.74) is -0.197. The summed E-state index contributed by atoms with van der Waals surface area (Å²) in [7, 11) is 0. The molecule has 1 amide bonds. The molecule has 1 aliphatic carbocycles. The number of carbonyl (C=O) groups is 1. The molecule has 0 saturated carbocycles. The Morgan fingerprint density at radius 2 is 1.71 bits per heavy atom. The van der Waals surface area contributed by atoms with Crippen LogP contribution in [-0.4, -0.2) is 29.7 Å². The number of hydrogen-bond donors (Lipinski definition) is 0. The molecule has 3 heteroatoms. The number of piperidine rings is 1. The molecule has 1 heterocycles. The minimum absolute atomic E-state index is 0.182. The first kappa shape index (κ1) is 12.2. The predicted octanol–water partition coefficient (Wildman–Crippen LogP) is 3.13. The smallest absolute Gasteiger partial charge is 0.410 e. The fourth-order valence-electron chi connectivity index (χ4n) is 2.32. The minimum Gasteiger partial charge on any atom is -0.444 e. The SMILES string of the molecule is CC(C)(C)OC(=O)N1CCC2(C=CC=C2)CC1. The van der Waals surface area contributed by atoms with Gasteiger partial charge in [0.2, 0.25) is 0 Å². The van der Waals surface area contributed by atoms with E-state index in [1.54, 1.807) is 0 Å². The van der Waals surface area contributed by atoms with E-state index in [0.717, 1.165) is 25.9 Å². The first-order valence-electron chi connectivity index (χ1n) is 6.25. The first-order valence-corrected chi connectivity index (χ1v) is 6.25. The van der Waals surface area contributed by atoms with Crippen LogP contribution in [0.15, 0.2) is 24.3 Å². The molecule has 1 saturated heterocycles. The van der Waals surface area contributed by atoms with Crippen LogP contribution in [-0.2, 0) is 4.74 Å². The third kappa shape index (κ3) is 2.90. The Hall–Kier alpha value is -1.25. The average molecular weight is 235 g/mol. The van der Waals surface area contributed by atoms with Gasteiger partial charge in [-0.3, -0.25) is 0 Å². The van der Waals surface area contributed by atoms with Gasteiger partial charge in [0.25, 0.3) is 0 Å². The summed E-state index contributed by atoms with van der Waals surface area (Å²) < 4.78 is 5.38. The van der Waals surface area contributed by atoms with Gasteiger partial charge < -0.3 is 9.64 Å². The van der Waals surface area contributed by atoms with E-state index < -0.39 is 5.60 Å². The number of nitrogens with zero attached hydrogens (tertiary/aromatic N) is 1. The molecule has 0 atom stereocenters. The maximum atomic E-state index is 11.9. The summed E-state index contributed by atoms with van der Waals surface area (Å²) in [5, 5.41) is 0. The van der Waals surface area contributed by atoms with Gasteiger partial charge >= 0.3 is 6.09 Å². The van der Waals surface area contributed by atoms with Gasteiger partial charge in [0.1, 0.15) is 5.60 Å². The molecule has 3 nitrogen and oxygen atoms in total. The van der Waals surface area contributed by atoms with Gasteiger partial charge in [0, 0.05) is 18.5 Å². The molecule has 0 aromatic heterocycles. The zero-order valence-electron chi connectivity index (χ0n) is 10.9. The molecular weight excluding hydrogens is 214 g/mol. The second-order valence-electron chi connectivity index (χ2n) is 5.92. The van der Waals surface area contributed by atoms with E-state index in [-0.39, 0.29) is 11.5 Å². The molecule has 0 radical (unpaired) electrons. The predicted molar refractivity (Wildman–Crippen MR) is 67.8 cm³/mol. The Kier molecular flexibility index (Phi) is 3.02. The molecule has 94 valence electrons. The van der Waals surface area contributed by atoms with Crippen LogP contribution in [0.25, 0.3) is 0 Å². The molecule has 1 spiro atoms. The molecule has 0 aromatic carbocycles. The van der Waals surface area contributed by atoms with E-state index in [1.807, 2.05) is 25.7 Å². The monoisotopic (exact) mass is 235 g/mol. The van der Waals surface area contributed by atoms with Crippen molar-refractivity contribution in [1.29, 1.82) is 0 Å². The second-order valence-corrected chi connectivity index (χ2v) is 5.92. The molecule has 1 aliphatic heterocycles. The average Bonchev–Trinajstić information content (AvgIpc) is 2.65. The zero-order valence-corrected chi connectivity index (χ0v) is 10.9. The highest BCUT2D eigenvalue weighted by molar-refractivity contribution is 5.68. The van der Waals surface area contributed by atoms with Crippen LogP contribution in [0.3, 0.4) is 0 Å². The summed E-state index contributed by atoms with van der Waals surface area (Å²) >= 11 is 0. The van der Waals surface area contributed by atoms with Crippen molar-refractivity contribution < 1.29 is 9.53 Å². The van der Waals surface area contributed by atoms with Crippen molar-refractivity contribution in [3.8, 4) is 0 Å². The van der Waals surface area contributed by atoms with Gasteiger partial charge in [-0.05, 0) is 33.6 Å². The van der Waals surface area contributed by atoms with Crippen molar-refractivity contribution in [3.05, 3.63) is 24.3 Å². The molecular formula is C14H21NO2. The summed E-state index contributed by atoms with van der Waals surface area (Å²) in [6, 6.07) is 0. The molecule has 2 rings (SSSR count). The van der Waals surface area contributed by atoms with Gasteiger partial charge in [-0.15, -0.1) is 0 Å². The second kappa shape index (κ2) is 4.21. The summed E-state index contributed by atoms with van der Waals surface area (Å²) in [6.07, 6.45) is 10.5. The Morgan fingerprint density at radius 3 is 2.18 bits per heavy atom. The van der Waals surface area contributed by atoms with Crippen LogP contribution in [0, 0.1) is 5.41 Å². The Morgan fingerprint density at radius 1 is 1.18 bits per heavy atom. The minimum atomic E-state index is -0.403. The maximum Gasteiger partial charge on any atom is 0.410 e. The highest BCUT2D eigenvalue weighted by atomic mass is 16.6. The fourth-order valence-corrected chi connectivity index (χ4v) is 2.32. The van der Waals surface area contributed by atoms with E-state index in [1.165, 1.54) is 0 Å². The first-order chi connectivity index (χ1) is 7.90. The van der Waals surface area contributed by atoms with Gasteiger partial charge in [-0.2, -0.15) is 0 Å². The molecule has 0 unspecified atom stereocenters. The normalized spacial score (nSPS) is 22.2. The molecule has 0 bridgehead atoms. The van der Waals surface area contributed by atoms with Crippen molar-refractivity contribution >= 4 is 6.09 Å². The standard InChI is InChI=1S/C14H21NO2/c1-13(2,3)17-12(16)15-10-8-14(9-11-15)6-4-5-7-14/h4-7H,8-11H2,1-3H3. The maximum absolute atomic E-state index is 11.9. The number of amides is 1. The molecule has 17 heavy (non-hydrogen) atoms. The summed E-state index contributed by atoms with van der Waals surface area (Å²) in [4.78, 5) is 13.7. The lowest BCUT2D eigenvalue weighted by molar-refractivity contribution is 0.0171. The fraction of sp³-hybridized carbons (Fsp3) is 0.643. The summed E-state index contributed by atoms with van der Waals surface area (Å²) in [5.74, 6) is 0. The van der Waals surface area contributed by atoms with Crippen LogP contribution >= 0.6 is 0 Å². The van der Waals surface area contributed by atoms with Crippen molar-refractivity contribution in [2.75, 3.05) is 13.1 Å². The van der Waals surface area contributed by atoms with E-state index in [9.17, 15) is 4.79 Å². The number of allylic oxidation sites excluding steroid dienone is 4. The van der Waals surface area contributed by atoms with Crippen LogP contribution in [0.1, 0.15) is 33.6 Å². The van der Waals surface area contributed by atoms with Gasteiger partial charge in [0.15, 0.2) is 0 Å². The highest BCUT2D eigenvalue weighted by Gasteiger charge is 2.34. The number of rotatable bonds is 0. The van der Waals surface area contributed by atoms with Crippen molar-refractivity contribution in [3.63, 3.8) is 0 Å². The number of ether oxygens (including phenoxy) is 1. The molecule has 1 fully saturated rings. The quantitative estimate of drug-likeness (QED) is 0.645. The molecule has 2 aliphatic rings. The largest absolute Gasteiger partial charge is 0.444 e. The summed E-state index contributed by atoms with van der Waals surface area (Å²) in [6.45, 7) is 7.27. The van der Waals surface area contributed by atoms with Crippen LogP contribution in [0.5, 0.6) is 0 Å². The Balaban J connectivity index is 1.89. The number of hydrogen-bond acceptors (Lipinski definition) is 2. The third-order valence-electron chi connectivity index (χ3n) is 3.31. The lowest BCUT2D eigenvalue weighted by atomic mass is 9.80. The van der Waals surface area contributed by atoms with Gasteiger partial charge in [0.05, 0.1) is 0 Å². The lowest BCUT2D eigenvalue weighted by Crippen LogP contribution is -2.44. The van der Waals surface area contributed by atoms with E-state index in [4.69, 9.17) is 4.74 Å². The van der Waals surface area contributed by atoms with Crippen LogP contribution in [0.4, 0.5) is 4.79 Å². The number of likely N-dealkylation sites (tertiary alicyclic amines) is 1. The van der Waals surface area contributed by atoms with Gasteiger partial charge in [-0.1, -0.05) is 24.3 Å². The van der Waals surface area contributed by atoms with Crippen LogP contribution < -0.4 is 0 Å². The van der Waals surface area contributed by atoms with Gasteiger partial charge in [-0.25, -0.2) is 4.79 Å². The van der Waals surface area contributed by atoms with E-state index in [0.29, 0.717) is 0 Å². The van der Waals surface area contributed by atoms with Crippen molar-refractivity contribution in [2.24, 2.45) is 5.41 Å². The van der Waals surface area contributed by atoms with E-state index in [2.05, 4.69) is 24.3 Å².